The first-order valence-electron chi connectivity index (χ1n) is 6.12. The Morgan fingerprint density at radius 1 is 1.56 bits per heavy atom. The van der Waals surface area contributed by atoms with Gasteiger partial charge in [-0.25, -0.2) is 4.79 Å². The molecule has 0 aliphatic carbocycles. The molecule has 0 aromatic rings. The van der Waals surface area contributed by atoms with Crippen LogP contribution in [-0.4, -0.2) is 54.1 Å². The molecule has 1 amide bonds. The van der Waals surface area contributed by atoms with Crippen LogP contribution >= 0.6 is 0 Å². The number of nitrogens with zero attached hydrogens (tertiary/aromatic N) is 1. The Bertz CT molecular complexity index is 332. The number of β-amino-alcohol motifs (C(OH)–C–C–N with tert-alkyl or cyclic N) is 1. The number of aliphatic hydroxyl groups is 1. The van der Waals surface area contributed by atoms with Gasteiger partial charge in [0.1, 0.15) is 5.60 Å². The zero-order valence-corrected chi connectivity index (χ0v) is 11.8. The van der Waals surface area contributed by atoms with Gasteiger partial charge < -0.3 is 14.6 Å². The second-order valence-corrected chi connectivity index (χ2v) is 5.56. The molecule has 2 atom stereocenters. The van der Waals surface area contributed by atoms with E-state index in [2.05, 4.69) is 0 Å². The molecule has 5 heteroatoms. The zero-order chi connectivity index (χ0) is 13.9. The molecule has 1 aliphatic rings. The van der Waals surface area contributed by atoms with Gasteiger partial charge in [0.15, 0.2) is 0 Å². The summed E-state index contributed by atoms with van der Waals surface area (Å²) < 4.78 is 10.3. The number of carbonyl (C=O) groups is 1. The van der Waals surface area contributed by atoms with Crippen LogP contribution < -0.4 is 0 Å². The van der Waals surface area contributed by atoms with Crippen molar-refractivity contribution in [1.29, 1.82) is 0 Å². The predicted molar refractivity (Wildman–Crippen MR) is 68.4 cm³/mol. The summed E-state index contributed by atoms with van der Waals surface area (Å²) in [5.74, 6) is 0. The van der Waals surface area contributed by atoms with Crippen molar-refractivity contribution >= 4 is 6.09 Å². The highest BCUT2D eigenvalue weighted by molar-refractivity contribution is 5.69. The maximum absolute atomic E-state index is 12.0. The number of hydrogen-bond donors (Lipinski definition) is 1. The summed E-state index contributed by atoms with van der Waals surface area (Å²) >= 11 is 0. The Kier molecular flexibility index (Phi) is 4.76. The Balaban J connectivity index is 2.73. The highest BCUT2D eigenvalue weighted by Crippen LogP contribution is 2.20. The molecule has 1 N–H and O–H groups in total. The van der Waals surface area contributed by atoms with Gasteiger partial charge in [-0.05, 0) is 33.3 Å². The van der Waals surface area contributed by atoms with Crippen molar-refractivity contribution in [3.05, 3.63) is 11.6 Å². The summed E-state index contributed by atoms with van der Waals surface area (Å²) in [5, 5.41) is 9.94. The van der Waals surface area contributed by atoms with Gasteiger partial charge in [-0.15, -0.1) is 0 Å². The highest BCUT2D eigenvalue weighted by Gasteiger charge is 2.31. The quantitative estimate of drug-likeness (QED) is 0.763. The first-order valence-corrected chi connectivity index (χ1v) is 6.12. The van der Waals surface area contributed by atoms with Crippen LogP contribution in [0.3, 0.4) is 0 Å². The minimum atomic E-state index is -0.686. The van der Waals surface area contributed by atoms with Gasteiger partial charge in [0, 0.05) is 7.11 Å². The van der Waals surface area contributed by atoms with Crippen LogP contribution in [0.5, 0.6) is 0 Å². The van der Waals surface area contributed by atoms with Gasteiger partial charge in [-0.2, -0.15) is 0 Å². The molecule has 1 aliphatic heterocycles. The van der Waals surface area contributed by atoms with Crippen LogP contribution in [-0.2, 0) is 9.47 Å². The molecule has 1 rings (SSSR count). The minimum absolute atomic E-state index is 0.103. The summed E-state index contributed by atoms with van der Waals surface area (Å²) in [6, 6.07) is -0.103. The smallest absolute Gasteiger partial charge is 0.410 e. The van der Waals surface area contributed by atoms with Crippen molar-refractivity contribution in [1.82, 2.24) is 4.90 Å². The normalized spacial score (nSPS) is 24.8. The van der Waals surface area contributed by atoms with Crippen molar-refractivity contribution in [3.8, 4) is 0 Å². The molecule has 1 heterocycles. The Hall–Kier alpha value is -1.07. The molecule has 0 aromatic carbocycles. The Morgan fingerprint density at radius 3 is 2.67 bits per heavy atom. The molecule has 0 spiro atoms. The van der Waals surface area contributed by atoms with Crippen LogP contribution in [0.4, 0.5) is 4.79 Å². The number of carbonyl (C=O) groups excluding carboxylic acids is 1. The van der Waals surface area contributed by atoms with Crippen LogP contribution in [0.25, 0.3) is 0 Å². The lowest BCUT2D eigenvalue weighted by atomic mass is 10.0. The molecule has 0 saturated carbocycles. The van der Waals surface area contributed by atoms with Gasteiger partial charge in [-0.1, -0.05) is 6.08 Å². The molecule has 18 heavy (non-hydrogen) atoms. The SMILES string of the molecule is COCC1=C[C@@H](C)N(C(=O)OC(C)(C)C)CC1O. The lowest BCUT2D eigenvalue weighted by molar-refractivity contribution is 0.00826. The van der Waals surface area contributed by atoms with E-state index in [9.17, 15) is 9.90 Å². The van der Waals surface area contributed by atoms with Crippen LogP contribution in [0.2, 0.25) is 0 Å². The van der Waals surface area contributed by atoms with Crippen LogP contribution in [0, 0.1) is 0 Å². The van der Waals surface area contributed by atoms with E-state index in [-0.39, 0.29) is 12.6 Å². The molecule has 104 valence electrons. The van der Waals surface area contributed by atoms with Crippen molar-refractivity contribution < 1.29 is 19.4 Å². The average Bonchev–Trinajstić information content (AvgIpc) is 2.20. The molecule has 0 aromatic heterocycles. The van der Waals surface area contributed by atoms with Gasteiger partial charge in [0.05, 0.1) is 25.3 Å². The number of aliphatic hydroxyl groups excluding tert-OH is 1. The fourth-order valence-corrected chi connectivity index (χ4v) is 1.85. The highest BCUT2D eigenvalue weighted by atomic mass is 16.6. The zero-order valence-electron chi connectivity index (χ0n) is 11.8. The number of rotatable bonds is 2. The largest absolute Gasteiger partial charge is 0.444 e. The second kappa shape index (κ2) is 5.71. The minimum Gasteiger partial charge on any atom is -0.444 e. The Morgan fingerprint density at radius 2 is 2.17 bits per heavy atom. The number of amides is 1. The number of methoxy groups -OCH3 is 1. The van der Waals surface area contributed by atoms with Gasteiger partial charge in [-0.3, -0.25) is 4.90 Å². The van der Waals surface area contributed by atoms with E-state index in [1.165, 1.54) is 4.90 Å². The first kappa shape index (κ1) is 15.0. The van der Waals surface area contributed by atoms with Gasteiger partial charge in [0.25, 0.3) is 0 Å². The Labute approximate surface area is 108 Å². The molecular weight excluding hydrogens is 234 g/mol. The van der Waals surface area contributed by atoms with E-state index in [0.29, 0.717) is 6.61 Å². The van der Waals surface area contributed by atoms with E-state index in [1.54, 1.807) is 7.11 Å². The lowest BCUT2D eigenvalue weighted by Gasteiger charge is -2.36. The maximum Gasteiger partial charge on any atom is 0.410 e. The summed E-state index contributed by atoms with van der Waals surface area (Å²) in [5.41, 5.74) is 0.281. The molecule has 5 nitrogen and oxygen atoms in total. The third-order valence-corrected chi connectivity index (χ3v) is 2.68. The fraction of sp³-hybridized carbons (Fsp3) is 0.769. The van der Waals surface area contributed by atoms with Crippen molar-refractivity contribution in [3.63, 3.8) is 0 Å². The number of hydrogen-bond acceptors (Lipinski definition) is 4. The topological polar surface area (TPSA) is 59.0 Å². The van der Waals surface area contributed by atoms with Crippen molar-refractivity contribution in [2.45, 2.75) is 45.4 Å². The summed E-state index contributed by atoms with van der Waals surface area (Å²) in [4.78, 5) is 13.5. The van der Waals surface area contributed by atoms with Crippen molar-refractivity contribution in [2.75, 3.05) is 20.3 Å². The van der Waals surface area contributed by atoms with Gasteiger partial charge >= 0.3 is 6.09 Å². The number of ether oxygens (including phenoxy) is 2. The van der Waals surface area contributed by atoms with Gasteiger partial charge in [0.2, 0.25) is 0 Å². The molecule has 1 unspecified atom stereocenters. The summed E-state index contributed by atoms with van der Waals surface area (Å²) in [7, 11) is 1.58. The third-order valence-electron chi connectivity index (χ3n) is 2.68. The van der Waals surface area contributed by atoms with E-state index in [0.717, 1.165) is 5.57 Å². The molecule has 0 radical (unpaired) electrons. The standard InChI is InChI=1S/C13H23NO4/c1-9-6-10(8-17-5)11(15)7-14(9)12(16)18-13(2,3)4/h6,9,11,15H,7-8H2,1-5H3/t9-,11?/m1/s1. The molecule has 0 bridgehead atoms. The molecular formula is C13H23NO4. The van der Waals surface area contributed by atoms with Crippen molar-refractivity contribution in [2.24, 2.45) is 0 Å². The average molecular weight is 257 g/mol. The monoisotopic (exact) mass is 257 g/mol. The fourth-order valence-electron chi connectivity index (χ4n) is 1.85. The maximum atomic E-state index is 12.0. The molecule has 0 fully saturated rings. The lowest BCUT2D eigenvalue weighted by Crippen LogP contribution is -2.48. The third kappa shape index (κ3) is 3.99. The van der Waals surface area contributed by atoms with E-state index in [4.69, 9.17) is 9.47 Å². The van der Waals surface area contributed by atoms with Crippen LogP contribution in [0.15, 0.2) is 11.6 Å². The molecule has 0 saturated heterocycles. The van der Waals surface area contributed by atoms with E-state index >= 15 is 0 Å². The summed E-state index contributed by atoms with van der Waals surface area (Å²) in [6.45, 7) is 7.98. The second-order valence-electron chi connectivity index (χ2n) is 5.56. The van der Waals surface area contributed by atoms with E-state index in [1.807, 2.05) is 33.8 Å². The first-order chi connectivity index (χ1) is 8.24. The van der Waals surface area contributed by atoms with Crippen LogP contribution in [0.1, 0.15) is 27.7 Å². The predicted octanol–water partition coefficient (Wildman–Crippen LogP) is 1.56. The summed E-state index contributed by atoms with van der Waals surface area (Å²) in [6.07, 6.45) is 0.761. The van der Waals surface area contributed by atoms with E-state index < -0.39 is 17.8 Å².